The zero-order valence-corrected chi connectivity index (χ0v) is 8.49. The lowest BCUT2D eigenvalue weighted by Gasteiger charge is -2.19. The molecule has 0 amide bonds. The van der Waals surface area contributed by atoms with E-state index in [0.29, 0.717) is 5.92 Å². The number of benzene rings is 1. The molecule has 1 aromatic carbocycles. The van der Waals surface area contributed by atoms with Crippen LogP contribution in [0.5, 0.6) is 0 Å². The molecule has 2 heteroatoms. The molecule has 0 aliphatic carbocycles. The molecule has 1 atom stereocenters. The van der Waals surface area contributed by atoms with E-state index in [1.165, 1.54) is 16.6 Å². The molecule has 3 rings (SSSR count). The molecular formula is C13H13NO. The molecule has 2 heterocycles. The van der Waals surface area contributed by atoms with E-state index in [-0.39, 0.29) is 0 Å². The molecule has 2 radical (unpaired) electrons. The molecule has 1 unspecified atom stereocenters. The van der Waals surface area contributed by atoms with Crippen molar-refractivity contribution in [3.63, 3.8) is 0 Å². The number of aromatic amines is 1. The number of aromatic nitrogens is 1. The SMILES string of the molecule is [C]1OCCCC1c1cc2ccccc2[nH]1. The molecular weight excluding hydrogens is 186 g/mol. The van der Waals surface area contributed by atoms with Crippen LogP contribution in [0, 0.1) is 6.61 Å². The maximum Gasteiger partial charge on any atom is 0.141 e. The molecule has 0 saturated carbocycles. The maximum absolute atomic E-state index is 5.26. The Balaban J connectivity index is 1.96. The monoisotopic (exact) mass is 199 g/mol. The first-order valence-corrected chi connectivity index (χ1v) is 5.38. The van der Waals surface area contributed by atoms with Gasteiger partial charge >= 0.3 is 0 Å². The van der Waals surface area contributed by atoms with Gasteiger partial charge in [0.15, 0.2) is 0 Å². The van der Waals surface area contributed by atoms with Gasteiger partial charge in [-0.2, -0.15) is 0 Å². The first-order valence-electron chi connectivity index (χ1n) is 5.38. The van der Waals surface area contributed by atoms with Crippen LogP contribution >= 0.6 is 0 Å². The molecule has 15 heavy (non-hydrogen) atoms. The third kappa shape index (κ3) is 1.65. The summed E-state index contributed by atoms with van der Waals surface area (Å²) in [7, 11) is 0. The van der Waals surface area contributed by atoms with Crippen LogP contribution in [0.2, 0.25) is 0 Å². The van der Waals surface area contributed by atoms with E-state index in [2.05, 4.69) is 35.9 Å². The molecule has 1 N–H and O–H groups in total. The Hall–Kier alpha value is -1.28. The van der Waals surface area contributed by atoms with Gasteiger partial charge in [-0.25, -0.2) is 0 Å². The number of nitrogens with one attached hydrogen (secondary N) is 1. The average Bonchev–Trinajstić information content (AvgIpc) is 2.74. The van der Waals surface area contributed by atoms with Crippen molar-refractivity contribution in [3.05, 3.63) is 42.6 Å². The van der Waals surface area contributed by atoms with Gasteiger partial charge in [0.05, 0.1) is 0 Å². The summed E-state index contributed by atoms with van der Waals surface area (Å²) in [5.41, 5.74) is 2.41. The van der Waals surface area contributed by atoms with Crippen molar-refractivity contribution in [2.24, 2.45) is 0 Å². The van der Waals surface area contributed by atoms with Crippen molar-refractivity contribution in [2.45, 2.75) is 18.8 Å². The second kappa shape index (κ2) is 3.70. The van der Waals surface area contributed by atoms with Crippen LogP contribution in [-0.2, 0) is 4.74 Å². The van der Waals surface area contributed by atoms with Gasteiger partial charge in [-0.15, -0.1) is 0 Å². The van der Waals surface area contributed by atoms with E-state index < -0.39 is 0 Å². The lowest BCUT2D eigenvalue weighted by molar-refractivity contribution is 0.139. The van der Waals surface area contributed by atoms with Gasteiger partial charge in [0, 0.05) is 23.7 Å². The standard InChI is InChI=1S/C13H13NO/c1-2-6-12-10(4-1)8-13(14-12)11-5-3-7-15-9-11/h1-2,4,6,8,11,14H,3,5,7H2. The Morgan fingerprint density at radius 1 is 1.33 bits per heavy atom. The third-order valence-electron chi connectivity index (χ3n) is 2.89. The Morgan fingerprint density at radius 2 is 2.27 bits per heavy atom. The molecule has 0 spiro atoms. The van der Waals surface area contributed by atoms with Gasteiger partial charge in [0.1, 0.15) is 6.61 Å². The molecule has 1 saturated heterocycles. The van der Waals surface area contributed by atoms with Crippen LogP contribution in [0.15, 0.2) is 30.3 Å². The topological polar surface area (TPSA) is 25.0 Å². The van der Waals surface area contributed by atoms with Crippen LogP contribution in [0.1, 0.15) is 24.5 Å². The van der Waals surface area contributed by atoms with E-state index in [9.17, 15) is 0 Å². The Kier molecular flexibility index (Phi) is 2.22. The van der Waals surface area contributed by atoms with Gasteiger partial charge in [0.25, 0.3) is 0 Å². The number of para-hydroxylation sites is 1. The number of H-pyrrole nitrogens is 1. The molecule has 2 aromatic rings. The highest BCUT2D eigenvalue weighted by atomic mass is 16.5. The van der Waals surface area contributed by atoms with Crippen LogP contribution in [-0.4, -0.2) is 11.6 Å². The fourth-order valence-electron chi connectivity index (χ4n) is 2.08. The van der Waals surface area contributed by atoms with Crippen molar-refractivity contribution in [3.8, 4) is 0 Å². The minimum absolute atomic E-state index is 0.311. The van der Waals surface area contributed by atoms with E-state index in [1.54, 1.807) is 0 Å². The molecule has 0 bridgehead atoms. The number of rotatable bonds is 1. The number of hydrogen-bond acceptors (Lipinski definition) is 1. The Morgan fingerprint density at radius 3 is 3.07 bits per heavy atom. The third-order valence-corrected chi connectivity index (χ3v) is 2.89. The first kappa shape index (κ1) is 8.98. The quantitative estimate of drug-likeness (QED) is 0.750. The zero-order chi connectivity index (χ0) is 10.1. The number of fused-ring (bicyclic) bond motifs is 1. The van der Waals surface area contributed by atoms with Crippen molar-refractivity contribution in [1.82, 2.24) is 4.98 Å². The normalized spacial score (nSPS) is 22.0. The van der Waals surface area contributed by atoms with Crippen molar-refractivity contribution < 1.29 is 4.74 Å². The summed E-state index contributed by atoms with van der Waals surface area (Å²) < 4.78 is 5.26. The zero-order valence-electron chi connectivity index (χ0n) is 8.49. The summed E-state index contributed by atoms with van der Waals surface area (Å²) in [5, 5.41) is 1.26. The van der Waals surface area contributed by atoms with Gasteiger partial charge in [-0.1, -0.05) is 18.2 Å². The van der Waals surface area contributed by atoms with Crippen molar-refractivity contribution in [1.29, 1.82) is 0 Å². The van der Waals surface area contributed by atoms with E-state index in [1.807, 2.05) is 6.07 Å². The Bertz CT molecular complexity index is 421. The van der Waals surface area contributed by atoms with Crippen LogP contribution < -0.4 is 0 Å². The minimum Gasteiger partial charge on any atom is -0.368 e. The summed E-state index contributed by atoms with van der Waals surface area (Å²) in [6.07, 6.45) is 2.25. The fourth-order valence-corrected chi connectivity index (χ4v) is 2.08. The summed E-state index contributed by atoms with van der Waals surface area (Å²) >= 11 is 0. The fraction of sp³-hybridized carbons (Fsp3) is 0.308. The smallest absolute Gasteiger partial charge is 0.141 e. The van der Waals surface area contributed by atoms with E-state index >= 15 is 0 Å². The van der Waals surface area contributed by atoms with Gasteiger partial charge < -0.3 is 9.72 Å². The second-order valence-electron chi connectivity index (χ2n) is 3.97. The van der Waals surface area contributed by atoms with Gasteiger partial charge in [-0.05, 0) is 30.4 Å². The van der Waals surface area contributed by atoms with Crippen LogP contribution in [0.4, 0.5) is 0 Å². The van der Waals surface area contributed by atoms with Crippen LogP contribution in [0.25, 0.3) is 10.9 Å². The second-order valence-corrected chi connectivity index (χ2v) is 3.97. The molecule has 1 aromatic heterocycles. The molecule has 76 valence electrons. The van der Waals surface area contributed by atoms with Crippen molar-refractivity contribution in [2.75, 3.05) is 6.61 Å². The minimum atomic E-state index is 0.311. The molecule has 1 fully saturated rings. The largest absolute Gasteiger partial charge is 0.368 e. The Labute approximate surface area is 89.3 Å². The first-order chi connectivity index (χ1) is 7.43. The van der Waals surface area contributed by atoms with Gasteiger partial charge in [0.2, 0.25) is 0 Å². The average molecular weight is 199 g/mol. The number of ether oxygens (including phenoxy) is 1. The highest BCUT2D eigenvalue weighted by molar-refractivity contribution is 5.80. The summed E-state index contributed by atoms with van der Waals surface area (Å²) in [4.78, 5) is 3.42. The van der Waals surface area contributed by atoms with E-state index in [4.69, 9.17) is 4.74 Å². The molecule has 1 aliphatic heterocycles. The highest BCUT2D eigenvalue weighted by Gasteiger charge is 2.19. The highest BCUT2D eigenvalue weighted by Crippen LogP contribution is 2.29. The van der Waals surface area contributed by atoms with E-state index in [0.717, 1.165) is 19.4 Å². The van der Waals surface area contributed by atoms with Gasteiger partial charge in [-0.3, -0.25) is 0 Å². The summed E-state index contributed by atoms with van der Waals surface area (Å²) in [6, 6.07) is 10.5. The van der Waals surface area contributed by atoms with Crippen molar-refractivity contribution >= 4 is 10.9 Å². The molecule has 2 nitrogen and oxygen atoms in total. The predicted octanol–water partition coefficient (Wildman–Crippen LogP) is 3.10. The van der Waals surface area contributed by atoms with Crippen LogP contribution in [0.3, 0.4) is 0 Å². The maximum atomic E-state index is 5.26. The summed E-state index contributed by atoms with van der Waals surface area (Å²) in [5.74, 6) is 0.311. The summed E-state index contributed by atoms with van der Waals surface area (Å²) in [6.45, 7) is 3.88. The lowest BCUT2D eigenvalue weighted by Crippen LogP contribution is -2.10. The number of hydrogen-bond donors (Lipinski definition) is 1. The lowest BCUT2D eigenvalue weighted by atomic mass is 9.99. The predicted molar refractivity (Wildman–Crippen MR) is 59.5 cm³/mol. The molecule has 1 aliphatic rings.